The first-order valence-electron chi connectivity index (χ1n) is 7.81. The Morgan fingerprint density at radius 2 is 1.70 bits per heavy atom. The zero-order valence-electron chi connectivity index (χ0n) is 13.3. The van der Waals surface area contributed by atoms with E-state index < -0.39 is 0 Å². The Morgan fingerprint density at radius 1 is 1.00 bits per heavy atom. The monoisotopic (exact) mass is 310 g/mol. The fraction of sp³-hybridized carbons (Fsp3) is 0.211. The van der Waals surface area contributed by atoms with Crippen LogP contribution >= 0.6 is 0 Å². The van der Waals surface area contributed by atoms with Crippen LogP contribution in [0.15, 0.2) is 60.7 Å². The number of carbonyl (C=O) groups is 1. The second-order valence-electron chi connectivity index (χ2n) is 5.25. The van der Waals surface area contributed by atoms with E-state index in [0.29, 0.717) is 5.56 Å². The summed E-state index contributed by atoms with van der Waals surface area (Å²) in [5.41, 5.74) is 8.10. The zero-order valence-corrected chi connectivity index (χ0v) is 13.3. The van der Waals surface area contributed by atoms with Crippen LogP contribution in [-0.4, -0.2) is 11.0 Å². The topological polar surface area (TPSA) is 61.4 Å². The normalized spacial score (nSPS) is 11.1. The Hall–Kier alpha value is -2.75. The summed E-state index contributed by atoms with van der Waals surface area (Å²) in [4.78, 5) is 12.1. The first kappa shape index (κ1) is 16.6. The molecule has 0 bridgehead atoms. The lowest BCUT2D eigenvalue weighted by atomic mass is 10.1. The van der Waals surface area contributed by atoms with Gasteiger partial charge in [0.2, 0.25) is 0 Å². The minimum Gasteiger partial charge on any atom is -0.508 e. The largest absolute Gasteiger partial charge is 0.508 e. The van der Waals surface area contributed by atoms with E-state index in [0.717, 1.165) is 30.5 Å². The van der Waals surface area contributed by atoms with Gasteiger partial charge in [0.15, 0.2) is 0 Å². The van der Waals surface area contributed by atoms with Gasteiger partial charge >= 0.3 is 0 Å². The molecular weight excluding hydrogens is 288 g/mol. The second-order valence-corrected chi connectivity index (χ2v) is 5.25. The minimum atomic E-state index is -0.248. The summed E-state index contributed by atoms with van der Waals surface area (Å²) in [5.74, 6) is -0.110. The average Bonchev–Trinajstić information content (AvgIpc) is 2.59. The van der Waals surface area contributed by atoms with Crippen molar-refractivity contribution in [1.29, 1.82) is 0 Å². The predicted octanol–water partition coefficient (Wildman–Crippen LogP) is 3.86. The van der Waals surface area contributed by atoms with Crippen LogP contribution in [0.25, 0.3) is 5.70 Å². The molecule has 0 radical (unpaired) electrons. The molecule has 0 heterocycles. The lowest BCUT2D eigenvalue weighted by molar-refractivity contribution is 0.0942. The van der Waals surface area contributed by atoms with Crippen molar-refractivity contribution in [3.8, 4) is 5.75 Å². The van der Waals surface area contributed by atoms with Crippen molar-refractivity contribution in [2.45, 2.75) is 26.2 Å². The van der Waals surface area contributed by atoms with E-state index in [2.05, 4.69) is 23.9 Å². The van der Waals surface area contributed by atoms with Crippen molar-refractivity contribution in [2.24, 2.45) is 0 Å². The smallest absolute Gasteiger partial charge is 0.269 e. The van der Waals surface area contributed by atoms with E-state index in [4.69, 9.17) is 0 Å². The molecule has 0 saturated carbocycles. The van der Waals surface area contributed by atoms with Crippen LogP contribution in [0.1, 0.15) is 42.1 Å². The number of allylic oxidation sites excluding steroid dienone is 1. The summed E-state index contributed by atoms with van der Waals surface area (Å²) in [6.45, 7) is 2.15. The van der Waals surface area contributed by atoms with Crippen molar-refractivity contribution >= 4 is 11.6 Å². The number of hydrogen-bond acceptors (Lipinski definition) is 3. The molecule has 2 rings (SSSR count). The quantitative estimate of drug-likeness (QED) is 0.537. The molecule has 0 saturated heterocycles. The predicted molar refractivity (Wildman–Crippen MR) is 92.7 cm³/mol. The van der Waals surface area contributed by atoms with Crippen LogP contribution < -0.4 is 10.9 Å². The van der Waals surface area contributed by atoms with E-state index in [-0.39, 0.29) is 11.7 Å². The maximum Gasteiger partial charge on any atom is 0.269 e. The van der Waals surface area contributed by atoms with Crippen LogP contribution in [0.5, 0.6) is 5.75 Å². The molecule has 1 amide bonds. The number of carbonyl (C=O) groups excluding carboxylic acids is 1. The molecule has 0 atom stereocenters. The van der Waals surface area contributed by atoms with Gasteiger partial charge in [-0.05, 0) is 42.7 Å². The average molecular weight is 310 g/mol. The molecule has 3 N–H and O–H groups in total. The number of benzene rings is 2. The minimum absolute atomic E-state index is 0.138. The van der Waals surface area contributed by atoms with Gasteiger partial charge in [0, 0.05) is 5.56 Å². The summed E-state index contributed by atoms with van der Waals surface area (Å²) in [6, 6.07) is 16.0. The Balaban J connectivity index is 2.04. The first-order valence-corrected chi connectivity index (χ1v) is 7.81. The van der Waals surface area contributed by atoms with Crippen molar-refractivity contribution in [3.05, 3.63) is 71.8 Å². The van der Waals surface area contributed by atoms with E-state index in [1.165, 1.54) is 12.1 Å². The van der Waals surface area contributed by atoms with E-state index in [1.54, 1.807) is 12.1 Å². The summed E-state index contributed by atoms with van der Waals surface area (Å²) in [5, 5.41) is 9.27. The van der Waals surface area contributed by atoms with Gasteiger partial charge < -0.3 is 5.11 Å². The van der Waals surface area contributed by atoms with Crippen LogP contribution in [0.3, 0.4) is 0 Å². The number of rotatable bonds is 7. The van der Waals surface area contributed by atoms with Crippen LogP contribution in [0, 0.1) is 0 Å². The fourth-order valence-electron chi connectivity index (χ4n) is 2.12. The molecule has 0 aliphatic carbocycles. The van der Waals surface area contributed by atoms with Gasteiger partial charge in [-0.3, -0.25) is 15.6 Å². The van der Waals surface area contributed by atoms with E-state index in [9.17, 15) is 9.90 Å². The van der Waals surface area contributed by atoms with Gasteiger partial charge in [-0.1, -0.05) is 49.8 Å². The molecule has 0 aliphatic rings. The molecular formula is C19H22N2O2. The second kappa shape index (κ2) is 8.63. The van der Waals surface area contributed by atoms with Crippen molar-refractivity contribution in [1.82, 2.24) is 10.9 Å². The summed E-state index contributed by atoms with van der Waals surface area (Å²) >= 11 is 0. The van der Waals surface area contributed by atoms with Gasteiger partial charge in [-0.15, -0.1) is 0 Å². The lowest BCUT2D eigenvalue weighted by Gasteiger charge is -2.13. The maximum absolute atomic E-state index is 12.1. The number of hydrazine groups is 1. The molecule has 0 aliphatic heterocycles. The van der Waals surface area contributed by atoms with Gasteiger partial charge in [-0.2, -0.15) is 0 Å². The molecule has 120 valence electrons. The number of aromatic hydroxyl groups is 1. The van der Waals surface area contributed by atoms with Crippen molar-refractivity contribution in [3.63, 3.8) is 0 Å². The van der Waals surface area contributed by atoms with Gasteiger partial charge in [-0.25, -0.2) is 0 Å². The number of nitrogens with one attached hydrogen (secondary N) is 2. The molecule has 4 nitrogen and oxygen atoms in total. The molecule has 4 heteroatoms. The summed E-state index contributed by atoms with van der Waals surface area (Å²) in [7, 11) is 0. The fourth-order valence-corrected chi connectivity index (χ4v) is 2.12. The molecule has 23 heavy (non-hydrogen) atoms. The van der Waals surface area contributed by atoms with Gasteiger partial charge in [0.1, 0.15) is 5.75 Å². The SMILES string of the molecule is CCCC/C=C(\NNC(=O)c1ccc(O)cc1)c1ccccc1. The van der Waals surface area contributed by atoms with Gasteiger partial charge in [0.05, 0.1) is 5.70 Å². The third-order valence-corrected chi connectivity index (χ3v) is 3.43. The highest BCUT2D eigenvalue weighted by Gasteiger charge is 2.06. The van der Waals surface area contributed by atoms with Crippen molar-refractivity contribution in [2.75, 3.05) is 0 Å². The summed E-state index contributed by atoms with van der Waals surface area (Å²) < 4.78 is 0. The number of amides is 1. The maximum atomic E-state index is 12.1. The highest BCUT2D eigenvalue weighted by Crippen LogP contribution is 2.13. The highest BCUT2D eigenvalue weighted by atomic mass is 16.3. The van der Waals surface area contributed by atoms with Crippen LogP contribution in [0.4, 0.5) is 0 Å². The molecule has 0 spiro atoms. The zero-order chi connectivity index (χ0) is 16.5. The Bertz CT molecular complexity index is 649. The molecule has 0 unspecified atom stereocenters. The third-order valence-electron chi connectivity index (χ3n) is 3.43. The Morgan fingerprint density at radius 3 is 2.35 bits per heavy atom. The molecule has 0 aromatic heterocycles. The van der Waals surface area contributed by atoms with E-state index in [1.807, 2.05) is 30.3 Å². The van der Waals surface area contributed by atoms with Gasteiger partial charge in [0.25, 0.3) is 5.91 Å². The Kier molecular flexibility index (Phi) is 6.24. The third kappa shape index (κ3) is 5.18. The van der Waals surface area contributed by atoms with Crippen LogP contribution in [-0.2, 0) is 0 Å². The molecule has 2 aromatic rings. The molecule has 0 fully saturated rings. The number of hydrogen-bond donors (Lipinski definition) is 3. The number of phenolic OH excluding ortho intramolecular Hbond substituents is 1. The van der Waals surface area contributed by atoms with Crippen LogP contribution in [0.2, 0.25) is 0 Å². The van der Waals surface area contributed by atoms with E-state index >= 15 is 0 Å². The lowest BCUT2D eigenvalue weighted by Crippen LogP contribution is -2.36. The highest BCUT2D eigenvalue weighted by molar-refractivity contribution is 5.94. The summed E-state index contributed by atoms with van der Waals surface area (Å²) in [6.07, 6.45) is 5.26. The van der Waals surface area contributed by atoms with Crippen molar-refractivity contribution < 1.29 is 9.90 Å². The number of unbranched alkanes of at least 4 members (excludes halogenated alkanes) is 2. The Labute approximate surface area is 136 Å². The first-order chi connectivity index (χ1) is 11.2. The molecule has 2 aromatic carbocycles. The number of phenols is 1. The standard InChI is InChI=1S/C19H22N2O2/c1-2-3-5-10-18(15-8-6-4-7-9-15)20-21-19(23)16-11-13-17(22)14-12-16/h4,6-14,20,22H,2-3,5H2,1H3,(H,21,23)/b18-10-.